The van der Waals surface area contributed by atoms with Gasteiger partial charge in [-0.25, -0.2) is 0 Å². The highest BCUT2D eigenvalue weighted by Gasteiger charge is 2.31. The zero-order chi connectivity index (χ0) is 14.2. The van der Waals surface area contributed by atoms with Gasteiger partial charge in [0.2, 0.25) is 0 Å². The van der Waals surface area contributed by atoms with Gasteiger partial charge in [0.1, 0.15) is 0 Å². The molecule has 2 N–H and O–H groups in total. The number of quaternary nitrogens is 1. The van der Waals surface area contributed by atoms with Crippen molar-refractivity contribution < 1.29 is 27.1 Å². The number of hydrogen-bond acceptors (Lipinski definition) is 2. The molecule has 1 atom stereocenters. The maximum absolute atomic E-state index is 9.39. The Morgan fingerprint density at radius 3 is 1.74 bits per heavy atom. The van der Waals surface area contributed by atoms with Crippen LogP contribution in [0.15, 0.2) is 0 Å². The molecule has 0 aliphatic carbocycles. The highest BCUT2D eigenvalue weighted by molar-refractivity contribution is 4.64. The van der Waals surface area contributed by atoms with Crippen LogP contribution in [-0.4, -0.2) is 46.2 Å². The molecule has 0 aromatic heterocycles. The fourth-order valence-corrected chi connectivity index (χ4v) is 3.14. The van der Waals surface area contributed by atoms with E-state index in [9.17, 15) is 10.2 Å². The van der Waals surface area contributed by atoms with Gasteiger partial charge in [0, 0.05) is 6.42 Å². The standard InChI is InChI=1S/C15H34NO2.ClH/c1-6-11-14(12-10-13-15(5,17)18)16(7-2,8-3)9-4;/h14,17-18H,6-13H2,1-5H3;1H/q+1;/p-1. The van der Waals surface area contributed by atoms with Crippen LogP contribution < -0.4 is 12.4 Å². The molecule has 0 aliphatic rings. The lowest BCUT2D eigenvalue weighted by molar-refractivity contribution is -0.947. The van der Waals surface area contributed by atoms with Crippen molar-refractivity contribution in [2.24, 2.45) is 0 Å². The third-order valence-electron chi connectivity index (χ3n) is 4.47. The van der Waals surface area contributed by atoms with Crippen LogP contribution in [0.2, 0.25) is 0 Å². The Kier molecular flexibility index (Phi) is 11.3. The molecule has 118 valence electrons. The van der Waals surface area contributed by atoms with Crippen molar-refractivity contribution in [3.05, 3.63) is 0 Å². The van der Waals surface area contributed by atoms with Crippen LogP contribution in [0.25, 0.3) is 0 Å². The van der Waals surface area contributed by atoms with Gasteiger partial charge in [-0.3, -0.25) is 0 Å². The predicted molar refractivity (Wildman–Crippen MR) is 77.3 cm³/mol. The molecule has 0 aromatic carbocycles. The molecule has 0 bridgehead atoms. The van der Waals surface area contributed by atoms with Gasteiger partial charge in [0.05, 0.1) is 25.7 Å². The molecular weight excluding hydrogens is 262 g/mol. The normalized spacial score (nSPS) is 14.1. The molecule has 0 saturated carbocycles. The number of aliphatic hydroxyl groups is 2. The van der Waals surface area contributed by atoms with Crippen LogP contribution in [0, 0.1) is 0 Å². The van der Waals surface area contributed by atoms with Crippen LogP contribution >= 0.6 is 0 Å². The van der Waals surface area contributed by atoms with E-state index in [1.165, 1.54) is 43.9 Å². The predicted octanol–water partition coefficient (Wildman–Crippen LogP) is -0.0933. The van der Waals surface area contributed by atoms with E-state index >= 15 is 0 Å². The molecule has 1 unspecified atom stereocenters. The summed E-state index contributed by atoms with van der Waals surface area (Å²) in [5.41, 5.74) is 0. The highest BCUT2D eigenvalue weighted by Crippen LogP contribution is 2.24. The lowest BCUT2D eigenvalue weighted by Gasteiger charge is -2.43. The summed E-state index contributed by atoms with van der Waals surface area (Å²) in [6.45, 7) is 14.1. The van der Waals surface area contributed by atoms with Crippen LogP contribution in [-0.2, 0) is 0 Å². The molecular formula is C15H34ClNO2. The maximum atomic E-state index is 9.39. The molecule has 0 saturated heterocycles. The molecule has 0 amide bonds. The SMILES string of the molecule is CCCC(CCCC(C)(O)O)[N+](CC)(CC)CC.[Cl-]. The van der Waals surface area contributed by atoms with Gasteiger partial charge >= 0.3 is 0 Å². The topological polar surface area (TPSA) is 40.5 Å². The quantitative estimate of drug-likeness (QED) is 0.437. The first kappa shape index (κ1) is 21.5. The summed E-state index contributed by atoms with van der Waals surface area (Å²) in [6, 6.07) is 0.664. The molecule has 0 aliphatic heterocycles. The molecule has 4 heteroatoms. The lowest BCUT2D eigenvalue weighted by Crippen LogP contribution is -3.00. The smallest absolute Gasteiger partial charge is 0.159 e. The van der Waals surface area contributed by atoms with E-state index in [0.717, 1.165) is 12.8 Å². The van der Waals surface area contributed by atoms with E-state index in [0.29, 0.717) is 12.5 Å². The summed E-state index contributed by atoms with van der Waals surface area (Å²) in [7, 11) is 0. The zero-order valence-electron chi connectivity index (χ0n) is 13.5. The van der Waals surface area contributed by atoms with Crippen LogP contribution in [0.3, 0.4) is 0 Å². The fourth-order valence-electron chi connectivity index (χ4n) is 3.14. The number of rotatable bonds is 10. The average Bonchev–Trinajstić information content (AvgIpc) is 2.30. The molecule has 0 spiro atoms. The van der Waals surface area contributed by atoms with Gasteiger partial charge in [-0.15, -0.1) is 0 Å². The van der Waals surface area contributed by atoms with Gasteiger partial charge in [0.25, 0.3) is 0 Å². The van der Waals surface area contributed by atoms with Crippen molar-refractivity contribution in [3.63, 3.8) is 0 Å². The summed E-state index contributed by atoms with van der Waals surface area (Å²) in [4.78, 5) is 0. The van der Waals surface area contributed by atoms with E-state index < -0.39 is 5.79 Å². The Morgan fingerprint density at radius 2 is 1.42 bits per heavy atom. The molecule has 0 radical (unpaired) electrons. The van der Waals surface area contributed by atoms with Crippen LogP contribution in [0.4, 0.5) is 0 Å². The van der Waals surface area contributed by atoms with Gasteiger partial charge in [-0.05, 0) is 47.0 Å². The molecule has 0 fully saturated rings. The minimum Gasteiger partial charge on any atom is -1.00 e. The van der Waals surface area contributed by atoms with Crippen LogP contribution in [0.5, 0.6) is 0 Å². The second-order valence-corrected chi connectivity index (χ2v) is 5.72. The van der Waals surface area contributed by atoms with Crippen molar-refractivity contribution in [2.45, 2.75) is 78.6 Å². The lowest BCUT2D eigenvalue weighted by atomic mass is 9.98. The molecule has 0 aromatic rings. The van der Waals surface area contributed by atoms with Gasteiger partial charge in [-0.2, -0.15) is 0 Å². The minimum atomic E-state index is -1.50. The van der Waals surface area contributed by atoms with Crippen molar-refractivity contribution >= 4 is 0 Å². The van der Waals surface area contributed by atoms with Crippen molar-refractivity contribution in [1.29, 1.82) is 0 Å². The number of nitrogens with zero attached hydrogens (tertiary/aromatic N) is 1. The van der Waals surface area contributed by atoms with Crippen molar-refractivity contribution in [3.8, 4) is 0 Å². The number of hydrogen-bond donors (Lipinski definition) is 2. The van der Waals surface area contributed by atoms with E-state index in [2.05, 4.69) is 27.7 Å². The van der Waals surface area contributed by atoms with E-state index in [4.69, 9.17) is 0 Å². The summed E-state index contributed by atoms with van der Waals surface area (Å²) in [5.74, 6) is -1.50. The summed E-state index contributed by atoms with van der Waals surface area (Å²) in [6.07, 6.45) is 4.92. The van der Waals surface area contributed by atoms with Gasteiger partial charge in [-0.1, -0.05) is 13.3 Å². The zero-order valence-corrected chi connectivity index (χ0v) is 14.2. The van der Waals surface area contributed by atoms with Crippen LogP contribution in [0.1, 0.15) is 66.7 Å². The van der Waals surface area contributed by atoms with E-state index in [1.54, 1.807) is 0 Å². The molecule has 0 rings (SSSR count). The maximum Gasteiger partial charge on any atom is 0.159 e. The molecule has 0 heterocycles. The first-order valence-electron chi connectivity index (χ1n) is 7.65. The fraction of sp³-hybridized carbons (Fsp3) is 1.00. The Hall–Kier alpha value is 0.170. The Labute approximate surface area is 126 Å². The Morgan fingerprint density at radius 1 is 0.947 bits per heavy atom. The van der Waals surface area contributed by atoms with Gasteiger partial charge in [0.15, 0.2) is 5.79 Å². The Balaban J connectivity index is 0. The summed E-state index contributed by atoms with van der Waals surface area (Å²) >= 11 is 0. The minimum absolute atomic E-state index is 0. The largest absolute Gasteiger partial charge is 1.00 e. The molecule has 19 heavy (non-hydrogen) atoms. The second kappa shape index (κ2) is 9.98. The summed E-state index contributed by atoms with van der Waals surface area (Å²) < 4.78 is 1.17. The van der Waals surface area contributed by atoms with E-state index in [-0.39, 0.29) is 12.4 Å². The van der Waals surface area contributed by atoms with Crippen molar-refractivity contribution in [1.82, 2.24) is 0 Å². The second-order valence-electron chi connectivity index (χ2n) is 5.72. The Bertz CT molecular complexity index is 204. The monoisotopic (exact) mass is 295 g/mol. The van der Waals surface area contributed by atoms with Gasteiger partial charge < -0.3 is 27.1 Å². The molecule has 3 nitrogen and oxygen atoms in total. The average molecular weight is 296 g/mol. The number of halogens is 1. The third-order valence-corrected chi connectivity index (χ3v) is 4.47. The van der Waals surface area contributed by atoms with E-state index in [1.807, 2.05) is 0 Å². The first-order valence-corrected chi connectivity index (χ1v) is 7.65. The van der Waals surface area contributed by atoms with Crippen molar-refractivity contribution in [2.75, 3.05) is 19.6 Å². The highest BCUT2D eigenvalue weighted by atomic mass is 35.5. The third kappa shape index (κ3) is 7.50. The summed E-state index contributed by atoms with van der Waals surface area (Å²) in [5, 5.41) is 18.8. The first-order chi connectivity index (χ1) is 8.35.